The first-order valence-corrected chi connectivity index (χ1v) is 7.53. The Labute approximate surface area is 137 Å². The standard InChI is InChI=1S/C14H17BrClNO4/c1-3-21-8-13(18)17-12(14(19)20-2)7-9-6-10(16)4-5-11(9)15/h4-6,12H,3,7-8H2,1-2H3,(H,17,18)/t12-/m0/s1. The molecule has 1 aromatic rings. The van der Waals surface area contributed by atoms with Crippen molar-refractivity contribution in [2.24, 2.45) is 0 Å². The monoisotopic (exact) mass is 377 g/mol. The topological polar surface area (TPSA) is 64.6 Å². The Balaban J connectivity index is 2.81. The number of benzene rings is 1. The van der Waals surface area contributed by atoms with Crippen molar-refractivity contribution < 1.29 is 19.1 Å². The minimum absolute atomic E-state index is 0.0965. The second-order valence-corrected chi connectivity index (χ2v) is 5.51. The van der Waals surface area contributed by atoms with E-state index in [9.17, 15) is 9.59 Å². The molecule has 0 saturated carbocycles. The van der Waals surface area contributed by atoms with Crippen LogP contribution in [-0.2, 0) is 25.5 Å². The fourth-order valence-electron chi connectivity index (χ4n) is 1.69. The maximum absolute atomic E-state index is 11.8. The van der Waals surface area contributed by atoms with Crippen LogP contribution in [0.4, 0.5) is 0 Å². The molecule has 0 spiro atoms. The highest BCUT2D eigenvalue weighted by molar-refractivity contribution is 9.10. The molecule has 1 amide bonds. The van der Waals surface area contributed by atoms with Crippen LogP contribution in [0, 0.1) is 0 Å². The summed E-state index contributed by atoms with van der Waals surface area (Å²) in [5.41, 5.74) is 0.801. The minimum Gasteiger partial charge on any atom is -0.467 e. The van der Waals surface area contributed by atoms with Crippen LogP contribution in [-0.4, -0.2) is 38.2 Å². The number of methoxy groups -OCH3 is 1. The quantitative estimate of drug-likeness (QED) is 0.740. The number of esters is 1. The van der Waals surface area contributed by atoms with Gasteiger partial charge in [0, 0.05) is 22.5 Å². The Hall–Kier alpha value is -1.11. The third kappa shape index (κ3) is 6.03. The van der Waals surface area contributed by atoms with Gasteiger partial charge >= 0.3 is 5.97 Å². The van der Waals surface area contributed by atoms with E-state index in [0.717, 1.165) is 10.0 Å². The second-order valence-electron chi connectivity index (χ2n) is 4.22. The lowest BCUT2D eigenvalue weighted by Gasteiger charge is -2.17. The zero-order valence-corrected chi connectivity index (χ0v) is 14.2. The first-order valence-electron chi connectivity index (χ1n) is 6.36. The highest BCUT2D eigenvalue weighted by atomic mass is 79.9. The summed E-state index contributed by atoms with van der Waals surface area (Å²) in [6.07, 6.45) is 0.270. The maximum atomic E-state index is 11.8. The van der Waals surface area contributed by atoms with Crippen molar-refractivity contribution in [2.45, 2.75) is 19.4 Å². The molecule has 0 heterocycles. The first-order chi connectivity index (χ1) is 9.97. The van der Waals surface area contributed by atoms with Gasteiger partial charge in [-0.05, 0) is 30.7 Å². The maximum Gasteiger partial charge on any atom is 0.328 e. The van der Waals surface area contributed by atoms with Crippen molar-refractivity contribution in [1.82, 2.24) is 5.32 Å². The smallest absolute Gasteiger partial charge is 0.328 e. The van der Waals surface area contributed by atoms with Gasteiger partial charge in [0.15, 0.2) is 0 Å². The van der Waals surface area contributed by atoms with E-state index in [1.165, 1.54) is 7.11 Å². The van der Waals surface area contributed by atoms with Crippen LogP contribution in [0.5, 0.6) is 0 Å². The number of hydrogen-bond donors (Lipinski definition) is 1. The molecule has 0 aliphatic carbocycles. The van der Waals surface area contributed by atoms with Gasteiger partial charge in [-0.1, -0.05) is 27.5 Å². The van der Waals surface area contributed by atoms with Gasteiger partial charge in [0.1, 0.15) is 12.6 Å². The Kier molecular flexibility index (Phi) is 7.71. The van der Waals surface area contributed by atoms with Crippen molar-refractivity contribution in [3.05, 3.63) is 33.3 Å². The number of carbonyl (C=O) groups excluding carboxylic acids is 2. The van der Waals surface area contributed by atoms with E-state index >= 15 is 0 Å². The summed E-state index contributed by atoms with van der Waals surface area (Å²) >= 11 is 9.33. The van der Waals surface area contributed by atoms with E-state index in [1.54, 1.807) is 25.1 Å². The third-order valence-corrected chi connectivity index (χ3v) is 3.70. The molecule has 7 heteroatoms. The predicted molar refractivity (Wildman–Crippen MR) is 83.3 cm³/mol. The van der Waals surface area contributed by atoms with E-state index < -0.39 is 12.0 Å². The van der Waals surface area contributed by atoms with Gasteiger partial charge in [-0.15, -0.1) is 0 Å². The van der Waals surface area contributed by atoms with Crippen LogP contribution in [0.15, 0.2) is 22.7 Å². The van der Waals surface area contributed by atoms with Crippen molar-refractivity contribution in [3.63, 3.8) is 0 Å². The zero-order chi connectivity index (χ0) is 15.8. The molecule has 0 saturated heterocycles. The van der Waals surface area contributed by atoms with Crippen LogP contribution in [0.25, 0.3) is 0 Å². The fourth-order valence-corrected chi connectivity index (χ4v) is 2.29. The summed E-state index contributed by atoms with van der Waals surface area (Å²) in [4.78, 5) is 23.5. The zero-order valence-electron chi connectivity index (χ0n) is 11.8. The molecule has 0 fully saturated rings. The fraction of sp³-hybridized carbons (Fsp3) is 0.429. The molecule has 116 valence electrons. The number of ether oxygens (including phenoxy) is 2. The SMILES string of the molecule is CCOCC(=O)N[C@@H](Cc1cc(Cl)ccc1Br)C(=O)OC. The summed E-state index contributed by atoms with van der Waals surface area (Å²) < 4.78 is 10.5. The Morgan fingerprint density at radius 2 is 2.14 bits per heavy atom. The van der Waals surface area contributed by atoms with E-state index in [-0.39, 0.29) is 18.9 Å². The van der Waals surface area contributed by atoms with E-state index in [4.69, 9.17) is 21.1 Å². The summed E-state index contributed by atoms with van der Waals surface area (Å²) in [5.74, 6) is -0.892. The van der Waals surface area contributed by atoms with E-state index in [0.29, 0.717) is 11.6 Å². The molecular formula is C14H17BrClNO4. The third-order valence-electron chi connectivity index (χ3n) is 2.69. The van der Waals surface area contributed by atoms with Crippen LogP contribution in [0.1, 0.15) is 12.5 Å². The van der Waals surface area contributed by atoms with Gasteiger partial charge < -0.3 is 14.8 Å². The lowest BCUT2D eigenvalue weighted by Crippen LogP contribution is -2.44. The molecule has 0 aliphatic heterocycles. The van der Waals surface area contributed by atoms with Crippen LogP contribution in [0.3, 0.4) is 0 Å². The largest absolute Gasteiger partial charge is 0.467 e. The van der Waals surface area contributed by atoms with Gasteiger partial charge in [0.05, 0.1) is 7.11 Å². The van der Waals surface area contributed by atoms with Gasteiger partial charge in [-0.2, -0.15) is 0 Å². The van der Waals surface area contributed by atoms with E-state index in [1.807, 2.05) is 0 Å². The summed E-state index contributed by atoms with van der Waals surface area (Å²) in [6, 6.07) is 4.46. The van der Waals surface area contributed by atoms with Crippen molar-refractivity contribution in [1.29, 1.82) is 0 Å². The molecular weight excluding hydrogens is 362 g/mol. The molecule has 1 N–H and O–H groups in total. The molecule has 0 bridgehead atoms. The lowest BCUT2D eigenvalue weighted by molar-refractivity contribution is -0.145. The number of hydrogen-bond acceptors (Lipinski definition) is 4. The lowest BCUT2D eigenvalue weighted by atomic mass is 10.1. The predicted octanol–water partition coefficient (Wildman–Crippen LogP) is 2.34. The number of rotatable bonds is 7. The molecule has 0 aromatic heterocycles. The molecule has 0 aliphatic rings. The number of nitrogens with one attached hydrogen (secondary N) is 1. The summed E-state index contributed by atoms with van der Waals surface area (Å²) in [5, 5.41) is 3.15. The molecule has 1 rings (SSSR count). The summed E-state index contributed by atoms with van der Waals surface area (Å²) in [6.45, 7) is 2.12. The molecule has 5 nitrogen and oxygen atoms in total. The van der Waals surface area contributed by atoms with E-state index in [2.05, 4.69) is 21.2 Å². The Bertz CT molecular complexity index is 510. The number of amides is 1. The number of halogens is 2. The van der Waals surface area contributed by atoms with Gasteiger partial charge in [-0.3, -0.25) is 4.79 Å². The van der Waals surface area contributed by atoms with Crippen LogP contribution in [0.2, 0.25) is 5.02 Å². The van der Waals surface area contributed by atoms with Gasteiger partial charge in [0.25, 0.3) is 0 Å². The first kappa shape index (κ1) is 17.9. The normalized spacial score (nSPS) is 11.8. The average Bonchev–Trinajstić information content (AvgIpc) is 2.47. The van der Waals surface area contributed by atoms with Crippen molar-refractivity contribution in [2.75, 3.05) is 20.3 Å². The summed E-state index contributed by atoms with van der Waals surface area (Å²) in [7, 11) is 1.27. The van der Waals surface area contributed by atoms with Gasteiger partial charge in [-0.25, -0.2) is 4.79 Å². The van der Waals surface area contributed by atoms with Crippen molar-refractivity contribution >= 4 is 39.4 Å². The Morgan fingerprint density at radius 3 is 2.76 bits per heavy atom. The van der Waals surface area contributed by atoms with Crippen LogP contribution < -0.4 is 5.32 Å². The minimum atomic E-state index is -0.794. The van der Waals surface area contributed by atoms with Crippen LogP contribution >= 0.6 is 27.5 Å². The highest BCUT2D eigenvalue weighted by Gasteiger charge is 2.23. The molecule has 1 atom stereocenters. The second kappa shape index (κ2) is 9.02. The van der Waals surface area contributed by atoms with Gasteiger partial charge in [0.2, 0.25) is 5.91 Å². The number of carbonyl (C=O) groups is 2. The molecule has 1 aromatic carbocycles. The van der Waals surface area contributed by atoms with Crippen molar-refractivity contribution in [3.8, 4) is 0 Å². The molecule has 0 radical (unpaired) electrons. The Morgan fingerprint density at radius 1 is 1.43 bits per heavy atom. The molecule has 0 unspecified atom stereocenters. The average molecular weight is 379 g/mol. The molecule has 21 heavy (non-hydrogen) atoms. The highest BCUT2D eigenvalue weighted by Crippen LogP contribution is 2.22.